The molecule has 0 spiro atoms. The van der Waals surface area contributed by atoms with E-state index in [1.165, 1.54) is 25.1 Å². The van der Waals surface area contributed by atoms with Crippen LogP contribution < -0.4 is 10.1 Å². The second kappa shape index (κ2) is 7.90. The zero-order valence-electron chi connectivity index (χ0n) is 14.1. The highest BCUT2D eigenvalue weighted by Gasteiger charge is 2.36. The number of halogens is 3. The van der Waals surface area contributed by atoms with E-state index in [1.807, 2.05) is 5.32 Å². The first kappa shape index (κ1) is 20.6. The first-order valence-corrected chi connectivity index (χ1v) is 7.57. The van der Waals surface area contributed by atoms with E-state index in [1.54, 1.807) is 0 Å². The van der Waals surface area contributed by atoms with Gasteiger partial charge in [-0.3, -0.25) is 25.0 Å². The smallest absolute Gasteiger partial charge is 0.418 e. The second-order valence-electron chi connectivity index (χ2n) is 5.46. The van der Waals surface area contributed by atoms with Gasteiger partial charge in [-0.2, -0.15) is 13.2 Å². The number of benzene rings is 2. The van der Waals surface area contributed by atoms with Crippen LogP contribution in [0.25, 0.3) is 0 Å². The van der Waals surface area contributed by atoms with Crippen molar-refractivity contribution in [3.05, 3.63) is 68.3 Å². The third-order valence-electron chi connectivity index (χ3n) is 3.51. The molecule has 1 N–H and O–H groups in total. The number of non-ortho nitro benzene ring substituents is 1. The van der Waals surface area contributed by atoms with Crippen molar-refractivity contribution in [2.24, 2.45) is 0 Å². The summed E-state index contributed by atoms with van der Waals surface area (Å²) in [6.45, 7) is 1.19. The van der Waals surface area contributed by atoms with Gasteiger partial charge in [0.2, 0.25) is 0 Å². The van der Waals surface area contributed by atoms with Gasteiger partial charge in [-0.15, -0.1) is 0 Å². The molecule has 9 nitrogen and oxygen atoms in total. The standard InChI is InChI=1S/C16H12F3N3O6/c1-9(28-14-5-3-2-4-13(14)22(26)27)15(23)20-12-7-6-10(21(24)25)8-11(12)16(17,18)19/h2-9H,1H3,(H,20,23)/t9-/m1/s1. The fraction of sp³-hybridized carbons (Fsp3) is 0.188. The minimum atomic E-state index is -4.96. The molecule has 0 aliphatic carbocycles. The van der Waals surface area contributed by atoms with Crippen LogP contribution in [0.15, 0.2) is 42.5 Å². The summed E-state index contributed by atoms with van der Waals surface area (Å²) in [6, 6.07) is 7.01. The molecular weight excluding hydrogens is 387 g/mol. The highest BCUT2D eigenvalue weighted by molar-refractivity contribution is 5.95. The van der Waals surface area contributed by atoms with Gasteiger partial charge in [0.25, 0.3) is 11.6 Å². The Morgan fingerprint density at radius 1 is 1.11 bits per heavy atom. The number of carbonyl (C=O) groups excluding carboxylic acids is 1. The number of nitro benzene ring substituents is 2. The normalized spacial score (nSPS) is 12.1. The van der Waals surface area contributed by atoms with Crippen molar-refractivity contribution >= 4 is 23.0 Å². The largest absolute Gasteiger partial charge is 0.474 e. The topological polar surface area (TPSA) is 125 Å². The molecule has 0 aromatic heterocycles. The van der Waals surface area contributed by atoms with Crippen molar-refractivity contribution in [3.8, 4) is 5.75 Å². The number of ether oxygens (including phenoxy) is 1. The number of nitro groups is 2. The summed E-state index contributed by atoms with van der Waals surface area (Å²) in [6.07, 6.45) is -6.35. The molecule has 2 rings (SSSR count). The third kappa shape index (κ3) is 4.72. The molecule has 28 heavy (non-hydrogen) atoms. The second-order valence-corrected chi connectivity index (χ2v) is 5.46. The van der Waals surface area contributed by atoms with Gasteiger partial charge in [0.1, 0.15) is 0 Å². The SMILES string of the molecule is C[C@@H](Oc1ccccc1[N+](=O)[O-])C(=O)Nc1ccc([N+](=O)[O-])cc1C(F)(F)F. The average Bonchev–Trinajstić information content (AvgIpc) is 2.61. The minimum absolute atomic E-state index is 0.241. The van der Waals surface area contributed by atoms with E-state index < -0.39 is 50.7 Å². The molecule has 148 valence electrons. The monoisotopic (exact) mass is 399 g/mol. The van der Waals surface area contributed by atoms with Crippen LogP contribution in [0.3, 0.4) is 0 Å². The van der Waals surface area contributed by atoms with Gasteiger partial charge in [0.15, 0.2) is 11.9 Å². The molecule has 0 bridgehead atoms. The summed E-state index contributed by atoms with van der Waals surface area (Å²) < 4.78 is 44.6. The summed E-state index contributed by atoms with van der Waals surface area (Å²) >= 11 is 0. The Balaban J connectivity index is 2.25. The number of carbonyl (C=O) groups is 1. The Morgan fingerprint density at radius 3 is 2.32 bits per heavy atom. The van der Waals surface area contributed by atoms with Crippen molar-refractivity contribution in [1.82, 2.24) is 0 Å². The minimum Gasteiger partial charge on any atom is -0.474 e. The Bertz CT molecular complexity index is 932. The van der Waals surface area contributed by atoms with Gasteiger partial charge < -0.3 is 10.1 Å². The van der Waals surface area contributed by atoms with Crippen LogP contribution in [-0.2, 0) is 11.0 Å². The fourth-order valence-corrected chi connectivity index (χ4v) is 2.18. The van der Waals surface area contributed by atoms with E-state index in [0.29, 0.717) is 6.07 Å². The average molecular weight is 399 g/mol. The lowest BCUT2D eigenvalue weighted by Crippen LogP contribution is -2.31. The van der Waals surface area contributed by atoms with Gasteiger partial charge in [-0.25, -0.2) is 0 Å². The van der Waals surface area contributed by atoms with Gasteiger partial charge >= 0.3 is 11.9 Å². The van der Waals surface area contributed by atoms with E-state index in [2.05, 4.69) is 0 Å². The lowest BCUT2D eigenvalue weighted by molar-refractivity contribution is -0.386. The summed E-state index contributed by atoms with van der Waals surface area (Å²) in [5.74, 6) is -1.27. The lowest BCUT2D eigenvalue weighted by Gasteiger charge is -2.17. The molecule has 1 atom stereocenters. The van der Waals surface area contributed by atoms with Crippen molar-refractivity contribution in [2.45, 2.75) is 19.2 Å². The Hall–Kier alpha value is -3.70. The van der Waals surface area contributed by atoms with Crippen molar-refractivity contribution in [3.63, 3.8) is 0 Å². The number of nitrogens with zero attached hydrogens (tertiary/aromatic N) is 2. The molecule has 0 heterocycles. The van der Waals surface area contributed by atoms with Gasteiger partial charge in [0.05, 0.1) is 21.1 Å². The van der Waals surface area contributed by atoms with Crippen LogP contribution in [-0.4, -0.2) is 21.9 Å². The predicted octanol–water partition coefficient (Wildman–Crippen LogP) is 3.93. The maximum absolute atomic E-state index is 13.2. The number of hydrogen-bond acceptors (Lipinski definition) is 6. The molecule has 0 aliphatic rings. The highest BCUT2D eigenvalue weighted by Crippen LogP contribution is 2.37. The Morgan fingerprint density at radius 2 is 1.75 bits per heavy atom. The van der Waals surface area contributed by atoms with E-state index in [0.717, 1.165) is 18.2 Å². The number of nitrogens with one attached hydrogen (secondary N) is 1. The van der Waals surface area contributed by atoms with Crippen LogP contribution in [0, 0.1) is 20.2 Å². The molecule has 0 saturated heterocycles. The number of amides is 1. The van der Waals surface area contributed by atoms with Crippen molar-refractivity contribution in [2.75, 3.05) is 5.32 Å². The van der Waals surface area contributed by atoms with Crippen molar-refractivity contribution in [1.29, 1.82) is 0 Å². The van der Waals surface area contributed by atoms with Crippen LogP contribution in [0.4, 0.5) is 30.2 Å². The molecule has 1 amide bonds. The van der Waals surface area contributed by atoms with Crippen LogP contribution >= 0.6 is 0 Å². The van der Waals surface area contributed by atoms with Gasteiger partial charge in [-0.1, -0.05) is 12.1 Å². The highest BCUT2D eigenvalue weighted by atomic mass is 19.4. The summed E-state index contributed by atoms with van der Waals surface area (Å²) in [4.78, 5) is 32.1. The molecular formula is C16H12F3N3O6. The lowest BCUT2D eigenvalue weighted by atomic mass is 10.1. The van der Waals surface area contributed by atoms with Crippen molar-refractivity contribution < 1.29 is 32.5 Å². The number of rotatable bonds is 6. The van der Waals surface area contributed by atoms with Crippen LogP contribution in [0.5, 0.6) is 5.75 Å². The number of para-hydroxylation sites is 2. The number of alkyl halides is 3. The first-order chi connectivity index (χ1) is 13.0. The third-order valence-corrected chi connectivity index (χ3v) is 3.51. The molecule has 0 saturated carbocycles. The zero-order chi connectivity index (χ0) is 21.1. The quantitative estimate of drug-likeness (QED) is 0.580. The summed E-state index contributed by atoms with van der Waals surface area (Å²) in [5.41, 5.74) is -3.34. The fourth-order valence-electron chi connectivity index (χ4n) is 2.18. The van der Waals surface area contributed by atoms with Crippen LogP contribution in [0.1, 0.15) is 12.5 Å². The molecule has 2 aromatic carbocycles. The Labute approximate surface area is 155 Å². The van der Waals surface area contributed by atoms with Gasteiger partial charge in [-0.05, 0) is 19.1 Å². The zero-order valence-corrected chi connectivity index (χ0v) is 14.1. The molecule has 0 radical (unpaired) electrons. The predicted molar refractivity (Wildman–Crippen MR) is 89.9 cm³/mol. The maximum Gasteiger partial charge on any atom is 0.418 e. The summed E-state index contributed by atoms with van der Waals surface area (Å²) in [5, 5.41) is 23.6. The maximum atomic E-state index is 13.2. The van der Waals surface area contributed by atoms with Crippen LogP contribution in [0.2, 0.25) is 0 Å². The number of hydrogen-bond donors (Lipinski definition) is 1. The van der Waals surface area contributed by atoms with E-state index in [9.17, 15) is 38.2 Å². The summed E-state index contributed by atoms with van der Waals surface area (Å²) in [7, 11) is 0. The van der Waals surface area contributed by atoms with E-state index >= 15 is 0 Å². The van der Waals surface area contributed by atoms with Gasteiger partial charge in [0, 0.05) is 18.2 Å². The van der Waals surface area contributed by atoms with E-state index in [4.69, 9.17) is 4.74 Å². The molecule has 0 fully saturated rings. The number of anilines is 1. The Kier molecular flexibility index (Phi) is 5.81. The molecule has 2 aromatic rings. The molecule has 12 heteroatoms. The molecule has 0 aliphatic heterocycles. The first-order valence-electron chi connectivity index (χ1n) is 7.57. The van der Waals surface area contributed by atoms with E-state index in [-0.39, 0.29) is 5.75 Å². The molecule has 0 unspecified atom stereocenters.